The molecule has 2 rings (SSSR count). The van der Waals surface area contributed by atoms with Crippen molar-refractivity contribution < 1.29 is 9.53 Å². The summed E-state index contributed by atoms with van der Waals surface area (Å²) in [5.41, 5.74) is -0.516. The fraction of sp³-hybridized carbons (Fsp3) is 0.929. The predicted molar refractivity (Wildman–Crippen MR) is 71.5 cm³/mol. The highest BCUT2D eigenvalue weighted by Gasteiger charge is 2.41. The summed E-state index contributed by atoms with van der Waals surface area (Å²) in [4.78, 5) is 14.5. The number of amides is 1. The van der Waals surface area contributed by atoms with E-state index in [1.54, 1.807) is 0 Å². The van der Waals surface area contributed by atoms with Crippen LogP contribution in [0.15, 0.2) is 0 Å². The normalized spacial score (nSPS) is 31.1. The van der Waals surface area contributed by atoms with E-state index in [1.807, 2.05) is 4.90 Å². The molecule has 0 aliphatic carbocycles. The lowest BCUT2D eigenvalue weighted by atomic mass is 9.96. The van der Waals surface area contributed by atoms with E-state index in [9.17, 15) is 4.79 Å². The van der Waals surface area contributed by atoms with Gasteiger partial charge in [-0.05, 0) is 47.1 Å². The Morgan fingerprint density at radius 2 is 1.78 bits per heavy atom. The van der Waals surface area contributed by atoms with Crippen LogP contribution in [0.25, 0.3) is 0 Å². The minimum atomic E-state index is -0.258. The molecule has 18 heavy (non-hydrogen) atoms. The quantitative estimate of drug-likeness (QED) is 0.772. The minimum absolute atomic E-state index is 0.0171. The van der Waals surface area contributed by atoms with Crippen molar-refractivity contribution in [2.24, 2.45) is 0 Å². The molecule has 0 radical (unpaired) electrons. The fourth-order valence-electron chi connectivity index (χ4n) is 3.23. The van der Waals surface area contributed by atoms with Crippen molar-refractivity contribution in [3.63, 3.8) is 0 Å². The Hall–Kier alpha value is -0.610. The number of hydrogen-bond donors (Lipinski definition) is 1. The van der Waals surface area contributed by atoms with Gasteiger partial charge in [-0.15, -0.1) is 0 Å². The second-order valence-electron chi connectivity index (χ2n) is 6.82. The van der Waals surface area contributed by atoms with Crippen LogP contribution in [0.2, 0.25) is 0 Å². The number of carbonyl (C=O) groups excluding carboxylic acids is 1. The largest absolute Gasteiger partial charge is 0.366 e. The zero-order valence-electron chi connectivity index (χ0n) is 12.1. The molecule has 0 bridgehead atoms. The number of hydrogen-bond acceptors (Lipinski definition) is 3. The Bertz CT molecular complexity index is 304. The van der Waals surface area contributed by atoms with Crippen molar-refractivity contribution in [2.45, 2.75) is 64.2 Å². The summed E-state index contributed by atoms with van der Waals surface area (Å²) in [6.07, 6.45) is 3.31. The number of nitrogens with one attached hydrogen (secondary N) is 1. The number of carbonyl (C=O) groups is 1. The van der Waals surface area contributed by atoms with E-state index < -0.39 is 0 Å². The predicted octanol–water partition coefficient (Wildman–Crippen LogP) is 1.54. The van der Waals surface area contributed by atoms with E-state index in [0.717, 1.165) is 19.4 Å². The maximum absolute atomic E-state index is 12.5. The third kappa shape index (κ3) is 3.23. The van der Waals surface area contributed by atoms with Crippen molar-refractivity contribution in [1.82, 2.24) is 10.2 Å². The summed E-state index contributed by atoms with van der Waals surface area (Å²) in [7, 11) is 0. The van der Waals surface area contributed by atoms with E-state index in [0.29, 0.717) is 13.1 Å². The topological polar surface area (TPSA) is 41.6 Å². The first-order chi connectivity index (χ1) is 8.29. The molecule has 0 aromatic rings. The van der Waals surface area contributed by atoms with Gasteiger partial charge in [0.25, 0.3) is 0 Å². The molecule has 2 saturated heterocycles. The molecule has 0 aromatic heterocycles. The van der Waals surface area contributed by atoms with Gasteiger partial charge in [-0.2, -0.15) is 0 Å². The number of rotatable bonds is 1. The molecule has 1 amide bonds. The second-order valence-corrected chi connectivity index (χ2v) is 6.82. The third-order valence-corrected chi connectivity index (χ3v) is 3.62. The van der Waals surface area contributed by atoms with Gasteiger partial charge in [0.15, 0.2) is 0 Å². The molecule has 104 valence electrons. The Morgan fingerprint density at radius 3 is 2.28 bits per heavy atom. The van der Waals surface area contributed by atoms with Crippen LogP contribution in [-0.2, 0) is 9.53 Å². The zero-order valence-corrected chi connectivity index (χ0v) is 12.1. The number of piperidine rings is 1. The molecule has 0 unspecified atom stereocenters. The third-order valence-electron chi connectivity index (χ3n) is 3.62. The van der Waals surface area contributed by atoms with Gasteiger partial charge in [0.2, 0.25) is 5.91 Å². The first kappa shape index (κ1) is 13.8. The van der Waals surface area contributed by atoms with Gasteiger partial charge in [-0.25, -0.2) is 0 Å². The Morgan fingerprint density at radius 1 is 1.17 bits per heavy atom. The zero-order chi connectivity index (χ0) is 13.4. The van der Waals surface area contributed by atoms with Gasteiger partial charge >= 0.3 is 0 Å². The maximum atomic E-state index is 12.5. The molecular formula is C14H26N2O2. The van der Waals surface area contributed by atoms with E-state index in [-0.39, 0.29) is 23.2 Å². The Labute approximate surface area is 110 Å². The van der Waals surface area contributed by atoms with Crippen LogP contribution in [0.1, 0.15) is 47.0 Å². The van der Waals surface area contributed by atoms with Crippen LogP contribution >= 0.6 is 0 Å². The molecule has 2 fully saturated rings. The average molecular weight is 254 g/mol. The summed E-state index contributed by atoms with van der Waals surface area (Å²) in [6, 6.07) is 0.0171. The van der Waals surface area contributed by atoms with Crippen LogP contribution in [0.3, 0.4) is 0 Å². The Balaban J connectivity index is 2.05. The standard InChI is InChI=1S/C14H26N2O2/c1-13(2)9-16(10-14(3,4)18-13)12(17)11-7-5-6-8-15-11/h11,15H,5-10H2,1-4H3/t11-/m0/s1. The fourth-order valence-corrected chi connectivity index (χ4v) is 3.23. The Kier molecular flexibility index (Phi) is 3.70. The molecule has 4 heteroatoms. The first-order valence-corrected chi connectivity index (χ1v) is 7.01. The van der Waals surface area contributed by atoms with Gasteiger partial charge in [-0.1, -0.05) is 6.42 Å². The van der Waals surface area contributed by atoms with Crippen molar-refractivity contribution in [2.75, 3.05) is 19.6 Å². The van der Waals surface area contributed by atoms with E-state index in [4.69, 9.17) is 4.74 Å². The summed E-state index contributed by atoms with van der Waals surface area (Å²) in [5, 5.41) is 3.34. The monoisotopic (exact) mass is 254 g/mol. The molecule has 0 spiro atoms. The van der Waals surface area contributed by atoms with Crippen LogP contribution in [0.5, 0.6) is 0 Å². The molecule has 4 nitrogen and oxygen atoms in total. The minimum Gasteiger partial charge on any atom is -0.366 e. The van der Waals surface area contributed by atoms with Gasteiger partial charge in [-0.3, -0.25) is 4.79 Å². The average Bonchev–Trinajstić information content (AvgIpc) is 2.25. The summed E-state index contributed by atoms with van der Waals surface area (Å²) in [5.74, 6) is 0.249. The van der Waals surface area contributed by atoms with Crippen molar-refractivity contribution >= 4 is 5.91 Å². The number of morpholine rings is 1. The van der Waals surface area contributed by atoms with Crippen molar-refractivity contribution in [1.29, 1.82) is 0 Å². The SMILES string of the molecule is CC1(C)CN(C(=O)[C@@H]2CCCCN2)CC(C)(C)O1. The highest BCUT2D eigenvalue weighted by atomic mass is 16.5. The number of nitrogens with zero attached hydrogens (tertiary/aromatic N) is 1. The lowest BCUT2D eigenvalue weighted by Gasteiger charge is -2.48. The van der Waals surface area contributed by atoms with Gasteiger partial charge < -0.3 is 15.0 Å². The molecule has 0 aromatic carbocycles. The lowest BCUT2D eigenvalue weighted by molar-refractivity contribution is -0.189. The molecule has 1 N–H and O–H groups in total. The van der Waals surface area contributed by atoms with Gasteiger partial charge in [0.05, 0.1) is 17.2 Å². The van der Waals surface area contributed by atoms with Crippen LogP contribution in [0, 0.1) is 0 Å². The van der Waals surface area contributed by atoms with Crippen molar-refractivity contribution in [3.8, 4) is 0 Å². The van der Waals surface area contributed by atoms with Gasteiger partial charge in [0.1, 0.15) is 0 Å². The van der Waals surface area contributed by atoms with Crippen molar-refractivity contribution in [3.05, 3.63) is 0 Å². The maximum Gasteiger partial charge on any atom is 0.239 e. The molecule has 2 heterocycles. The summed E-state index contributed by atoms with van der Waals surface area (Å²) in [6.45, 7) is 10.6. The second kappa shape index (κ2) is 4.82. The summed E-state index contributed by atoms with van der Waals surface area (Å²) < 4.78 is 6.01. The summed E-state index contributed by atoms with van der Waals surface area (Å²) >= 11 is 0. The highest BCUT2D eigenvalue weighted by Crippen LogP contribution is 2.28. The van der Waals surface area contributed by atoms with E-state index in [2.05, 4.69) is 33.0 Å². The van der Waals surface area contributed by atoms with Crippen LogP contribution < -0.4 is 5.32 Å². The number of ether oxygens (including phenoxy) is 1. The van der Waals surface area contributed by atoms with E-state index >= 15 is 0 Å². The smallest absolute Gasteiger partial charge is 0.239 e. The van der Waals surface area contributed by atoms with Crippen LogP contribution in [-0.4, -0.2) is 47.7 Å². The van der Waals surface area contributed by atoms with Gasteiger partial charge in [0, 0.05) is 13.1 Å². The first-order valence-electron chi connectivity index (χ1n) is 7.01. The van der Waals surface area contributed by atoms with E-state index in [1.165, 1.54) is 6.42 Å². The lowest BCUT2D eigenvalue weighted by Crippen LogP contribution is -2.61. The molecular weight excluding hydrogens is 228 g/mol. The molecule has 2 aliphatic rings. The highest BCUT2D eigenvalue weighted by molar-refractivity contribution is 5.82. The molecule has 0 saturated carbocycles. The molecule has 1 atom stereocenters. The molecule has 2 aliphatic heterocycles. The van der Waals surface area contributed by atoms with Crippen LogP contribution in [0.4, 0.5) is 0 Å².